The summed E-state index contributed by atoms with van der Waals surface area (Å²) in [6.07, 6.45) is 0. The van der Waals surface area contributed by atoms with Gasteiger partial charge in [0.2, 0.25) is 5.88 Å². The third-order valence-corrected chi connectivity index (χ3v) is 4.91. The van der Waals surface area contributed by atoms with Crippen LogP contribution in [-0.4, -0.2) is 22.4 Å². The number of pyridine rings is 1. The molecule has 0 spiro atoms. The molecule has 0 saturated carbocycles. The third-order valence-electron chi connectivity index (χ3n) is 4.66. The molecule has 0 radical (unpaired) electrons. The third kappa shape index (κ3) is 3.25. The molecule has 5 heteroatoms. The van der Waals surface area contributed by atoms with Gasteiger partial charge in [-0.25, -0.2) is 4.98 Å². The Bertz CT molecular complexity index is 999. The molecule has 4 nitrogen and oxygen atoms in total. The van der Waals surface area contributed by atoms with E-state index in [0.717, 1.165) is 27.6 Å². The maximum atomic E-state index is 12.5. The molecular weight excluding hydrogens is 348 g/mol. The molecule has 0 atom stereocenters. The summed E-state index contributed by atoms with van der Waals surface area (Å²) in [6, 6.07) is 13.8. The lowest BCUT2D eigenvalue weighted by Crippen LogP contribution is -2.31. The van der Waals surface area contributed by atoms with Crippen LogP contribution in [0.15, 0.2) is 42.5 Å². The lowest BCUT2D eigenvalue weighted by molar-refractivity contribution is -0.133. The number of fused-ring (bicyclic) bond motifs is 2. The summed E-state index contributed by atoms with van der Waals surface area (Å²) >= 11 is 5.95. The van der Waals surface area contributed by atoms with Crippen LogP contribution in [0.1, 0.15) is 22.3 Å². The first kappa shape index (κ1) is 16.9. The number of rotatable bonds is 2. The Balaban J connectivity index is 1.70. The first-order valence-corrected chi connectivity index (χ1v) is 8.93. The number of aromatic nitrogens is 1. The Morgan fingerprint density at radius 2 is 1.92 bits per heavy atom. The number of aryl methyl sites for hydroxylation is 2. The van der Waals surface area contributed by atoms with Crippen molar-refractivity contribution in [2.75, 3.05) is 6.61 Å². The number of halogens is 1. The van der Waals surface area contributed by atoms with Gasteiger partial charge in [0.1, 0.15) is 0 Å². The van der Waals surface area contributed by atoms with E-state index in [2.05, 4.69) is 31.0 Å². The van der Waals surface area contributed by atoms with Crippen LogP contribution in [0.2, 0.25) is 5.02 Å². The highest BCUT2D eigenvalue weighted by Gasteiger charge is 2.23. The molecule has 0 saturated heterocycles. The summed E-state index contributed by atoms with van der Waals surface area (Å²) in [7, 11) is 0. The van der Waals surface area contributed by atoms with Crippen molar-refractivity contribution in [2.24, 2.45) is 0 Å². The first-order chi connectivity index (χ1) is 12.5. The van der Waals surface area contributed by atoms with Crippen LogP contribution in [0.4, 0.5) is 0 Å². The highest BCUT2D eigenvalue weighted by molar-refractivity contribution is 6.30. The van der Waals surface area contributed by atoms with Gasteiger partial charge in [0.25, 0.3) is 5.91 Å². The van der Waals surface area contributed by atoms with Gasteiger partial charge in [-0.2, -0.15) is 0 Å². The van der Waals surface area contributed by atoms with E-state index >= 15 is 0 Å². The molecule has 1 aliphatic rings. The Labute approximate surface area is 157 Å². The monoisotopic (exact) mass is 366 g/mol. The summed E-state index contributed by atoms with van der Waals surface area (Å²) in [6.45, 7) is 5.14. The Kier molecular flexibility index (Phi) is 4.29. The van der Waals surface area contributed by atoms with Crippen molar-refractivity contribution in [1.82, 2.24) is 9.88 Å². The van der Waals surface area contributed by atoms with E-state index in [1.165, 1.54) is 5.56 Å². The van der Waals surface area contributed by atoms with Gasteiger partial charge in [-0.3, -0.25) is 4.79 Å². The minimum atomic E-state index is -0.0464. The predicted molar refractivity (Wildman–Crippen MR) is 102 cm³/mol. The second-order valence-electron chi connectivity index (χ2n) is 6.77. The van der Waals surface area contributed by atoms with Crippen LogP contribution in [0, 0.1) is 13.8 Å². The fraction of sp³-hybridized carbons (Fsp3) is 0.238. The standard InChI is InChI=1S/C21H19ClN2O2/c1-13-7-14(2)18-9-16-11-24(10-15-3-5-17(22)6-4-15)20(25)12-26-21(16)23-19(18)8-13/h3-9H,10-12H2,1-2H3. The molecule has 4 rings (SSSR count). The smallest absolute Gasteiger partial charge is 0.261 e. The Morgan fingerprint density at radius 3 is 2.69 bits per heavy atom. The molecular formula is C21H19ClN2O2. The molecule has 2 heterocycles. The number of amides is 1. The molecule has 0 N–H and O–H groups in total. The van der Waals surface area contributed by atoms with Crippen molar-refractivity contribution < 1.29 is 9.53 Å². The van der Waals surface area contributed by atoms with E-state index in [9.17, 15) is 4.79 Å². The van der Waals surface area contributed by atoms with E-state index < -0.39 is 0 Å². The van der Waals surface area contributed by atoms with E-state index in [4.69, 9.17) is 16.3 Å². The molecule has 2 aromatic carbocycles. The number of hydrogen-bond acceptors (Lipinski definition) is 3. The molecule has 132 valence electrons. The van der Waals surface area contributed by atoms with Crippen molar-refractivity contribution in [3.8, 4) is 5.88 Å². The van der Waals surface area contributed by atoms with Gasteiger partial charge in [-0.15, -0.1) is 0 Å². The molecule has 0 unspecified atom stereocenters. The zero-order chi connectivity index (χ0) is 18.3. The van der Waals surface area contributed by atoms with Crippen LogP contribution in [0.5, 0.6) is 5.88 Å². The maximum absolute atomic E-state index is 12.5. The van der Waals surface area contributed by atoms with E-state index in [1.54, 1.807) is 4.90 Å². The minimum Gasteiger partial charge on any atom is -0.467 e. The fourth-order valence-electron chi connectivity index (χ4n) is 3.36. The molecule has 0 aliphatic carbocycles. The maximum Gasteiger partial charge on any atom is 0.261 e. The highest BCUT2D eigenvalue weighted by Crippen LogP contribution is 2.29. The van der Waals surface area contributed by atoms with Crippen LogP contribution in [0.3, 0.4) is 0 Å². The van der Waals surface area contributed by atoms with Crippen molar-refractivity contribution in [3.05, 3.63) is 69.7 Å². The van der Waals surface area contributed by atoms with Crippen molar-refractivity contribution in [2.45, 2.75) is 26.9 Å². The molecule has 1 amide bonds. The Morgan fingerprint density at radius 1 is 1.15 bits per heavy atom. The second-order valence-corrected chi connectivity index (χ2v) is 7.20. The second kappa shape index (κ2) is 6.61. The van der Waals surface area contributed by atoms with Gasteiger partial charge in [0.05, 0.1) is 12.1 Å². The summed E-state index contributed by atoms with van der Waals surface area (Å²) in [5, 5.41) is 1.78. The van der Waals surface area contributed by atoms with Gasteiger partial charge < -0.3 is 9.64 Å². The summed E-state index contributed by atoms with van der Waals surface area (Å²) in [5.41, 5.74) is 5.21. The van der Waals surface area contributed by atoms with E-state index in [1.807, 2.05) is 30.3 Å². The topological polar surface area (TPSA) is 42.4 Å². The highest BCUT2D eigenvalue weighted by atomic mass is 35.5. The summed E-state index contributed by atoms with van der Waals surface area (Å²) in [4.78, 5) is 19.0. The first-order valence-electron chi connectivity index (χ1n) is 8.55. The van der Waals surface area contributed by atoms with E-state index in [-0.39, 0.29) is 12.5 Å². The van der Waals surface area contributed by atoms with Gasteiger partial charge in [0, 0.05) is 22.5 Å². The van der Waals surface area contributed by atoms with Gasteiger partial charge in [0.15, 0.2) is 6.61 Å². The van der Waals surface area contributed by atoms with Crippen molar-refractivity contribution in [3.63, 3.8) is 0 Å². The largest absolute Gasteiger partial charge is 0.467 e. The average molecular weight is 367 g/mol. The summed E-state index contributed by atoms with van der Waals surface area (Å²) < 4.78 is 5.71. The Hall–Kier alpha value is -2.59. The predicted octanol–water partition coefficient (Wildman–Crippen LogP) is 4.43. The number of benzene rings is 2. The molecule has 1 aromatic heterocycles. The number of ether oxygens (including phenoxy) is 1. The fourth-order valence-corrected chi connectivity index (χ4v) is 3.49. The zero-order valence-corrected chi connectivity index (χ0v) is 15.5. The van der Waals surface area contributed by atoms with Gasteiger partial charge in [-0.1, -0.05) is 29.8 Å². The normalized spacial score (nSPS) is 14.1. The number of nitrogens with zero attached hydrogens (tertiary/aromatic N) is 2. The lowest BCUT2D eigenvalue weighted by Gasteiger charge is -2.20. The molecule has 0 fully saturated rings. The zero-order valence-electron chi connectivity index (χ0n) is 14.8. The van der Waals surface area contributed by atoms with Gasteiger partial charge >= 0.3 is 0 Å². The van der Waals surface area contributed by atoms with Crippen molar-refractivity contribution in [1.29, 1.82) is 0 Å². The SMILES string of the molecule is Cc1cc(C)c2cc3c(nc2c1)OCC(=O)N(Cc1ccc(Cl)cc1)C3. The van der Waals surface area contributed by atoms with Crippen LogP contribution >= 0.6 is 11.6 Å². The molecule has 0 bridgehead atoms. The quantitative estimate of drug-likeness (QED) is 0.674. The number of carbonyl (C=O) groups excluding carboxylic acids is 1. The molecule has 3 aromatic rings. The van der Waals surface area contributed by atoms with Gasteiger partial charge in [-0.05, 0) is 54.8 Å². The molecule has 26 heavy (non-hydrogen) atoms. The van der Waals surface area contributed by atoms with Crippen LogP contribution < -0.4 is 4.74 Å². The van der Waals surface area contributed by atoms with Crippen LogP contribution in [0.25, 0.3) is 10.9 Å². The lowest BCUT2D eigenvalue weighted by atomic mass is 10.0. The van der Waals surface area contributed by atoms with Crippen molar-refractivity contribution >= 4 is 28.4 Å². The molecule has 1 aliphatic heterocycles. The van der Waals surface area contributed by atoms with E-state index in [0.29, 0.717) is 24.0 Å². The average Bonchev–Trinajstić information content (AvgIpc) is 2.75. The van der Waals surface area contributed by atoms with Crippen LogP contribution in [-0.2, 0) is 17.9 Å². The number of hydrogen-bond donors (Lipinski definition) is 0. The minimum absolute atomic E-state index is 0.00386. The number of carbonyl (C=O) groups is 1. The summed E-state index contributed by atoms with van der Waals surface area (Å²) in [5.74, 6) is 0.504.